The predicted molar refractivity (Wildman–Crippen MR) is 61.5 cm³/mol. The minimum atomic E-state index is 0.528. The Labute approximate surface area is 91.0 Å². The molecule has 1 aliphatic heterocycles. The Morgan fingerprint density at radius 3 is 3.00 bits per heavy atom. The van der Waals surface area contributed by atoms with Crippen LogP contribution in [0.1, 0.15) is 25.7 Å². The van der Waals surface area contributed by atoms with Gasteiger partial charge in [0.2, 0.25) is 0 Å². The Kier molecular flexibility index (Phi) is 3.74. The zero-order valence-electron chi connectivity index (χ0n) is 8.95. The summed E-state index contributed by atoms with van der Waals surface area (Å²) in [5.41, 5.74) is 5.65. The first-order valence-corrected chi connectivity index (χ1v) is 6.74. The molecule has 0 aromatic heterocycles. The summed E-state index contributed by atoms with van der Waals surface area (Å²) < 4.78 is 5.46. The number of rotatable bonds is 3. The number of hydrogen-bond donors (Lipinski definition) is 1. The number of fused-ring (bicyclic) bond motifs is 1. The monoisotopic (exact) mass is 215 g/mol. The molecule has 1 saturated heterocycles. The Morgan fingerprint density at radius 2 is 2.29 bits per heavy atom. The first-order valence-electron chi connectivity index (χ1n) is 5.69. The molecule has 14 heavy (non-hydrogen) atoms. The summed E-state index contributed by atoms with van der Waals surface area (Å²) in [5, 5.41) is 0.866. The highest BCUT2D eigenvalue weighted by molar-refractivity contribution is 8.00. The van der Waals surface area contributed by atoms with Gasteiger partial charge in [-0.05, 0) is 49.8 Å². The average molecular weight is 215 g/mol. The van der Waals surface area contributed by atoms with E-state index >= 15 is 0 Å². The maximum absolute atomic E-state index is 5.65. The minimum Gasteiger partial charge on any atom is -0.381 e. The standard InChI is InChI=1S/C11H21NOS/c1-13-9-2-3-10-8(4-5-12)7-14-11(10)6-9/h8-11H,2-7,12H2,1H3. The van der Waals surface area contributed by atoms with E-state index in [1.165, 1.54) is 31.4 Å². The van der Waals surface area contributed by atoms with Gasteiger partial charge in [-0.1, -0.05) is 0 Å². The molecular formula is C11H21NOS. The molecule has 0 radical (unpaired) electrons. The van der Waals surface area contributed by atoms with Gasteiger partial charge >= 0.3 is 0 Å². The molecule has 3 heteroatoms. The lowest BCUT2D eigenvalue weighted by Crippen LogP contribution is -2.31. The van der Waals surface area contributed by atoms with Gasteiger partial charge in [0.05, 0.1) is 6.10 Å². The van der Waals surface area contributed by atoms with Crippen LogP contribution in [0.25, 0.3) is 0 Å². The number of methoxy groups -OCH3 is 1. The summed E-state index contributed by atoms with van der Waals surface area (Å²) in [6.45, 7) is 0.863. The third-order valence-electron chi connectivity index (χ3n) is 3.80. The van der Waals surface area contributed by atoms with E-state index in [9.17, 15) is 0 Å². The fraction of sp³-hybridized carbons (Fsp3) is 1.00. The largest absolute Gasteiger partial charge is 0.381 e. The Balaban J connectivity index is 1.89. The van der Waals surface area contributed by atoms with Crippen molar-refractivity contribution in [3.8, 4) is 0 Å². The summed E-state index contributed by atoms with van der Waals surface area (Å²) in [4.78, 5) is 0. The van der Waals surface area contributed by atoms with Crippen LogP contribution >= 0.6 is 11.8 Å². The molecule has 82 valence electrons. The van der Waals surface area contributed by atoms with E-state index in [-0.39, 0.29) is 0 Å². The maximum Gasteiger partial charge on any atom is 0.0582 e. The SMILES string of the molecule is COC1CCC2C(CCN)CSC2C1. The summed E-state index contributed by atoms with van der Waals surface area (Å²) in [5.74, 6) is 3.17. The molecule has 0 aromatic rings. The van der Waals surface area contributed by atoms with Gasteiger partial charge in [-0.3, -0.25) is 0 Å². The van der Waals surface area contributed by atoms with E-state index in [2.05, 4.69) is 11.8 Å². The van der Waals surface area contributed by atoms with Crippen molar-refractivity contribution in [1.82, 2.24) is 0 Å². The van der Waals surface area contributed by atoms with E-state index in [1.807, 2.05) is 7.11 Å². The van der Waals surface area contributed by atoms with Gasteiger partial charge in [-0.15, -0.1) is 0 Å². The van der Waals surface area contributed by atoms with Gasteiger partial charge in [-0.25, -0.2) is 0 Å². The van der Waals surface area contributed by atoms with Crippen molar-refractivity contribution in [2.75, 3.05) is 19.4 Å². The highest BCUT2D eigenvalue weighted by atomic mass is 32.2. The number of nitrogens with two attached hydrogens (primary N) is 1. The van der Waals surface area contributed by atoms with Crippen LogP contribution < -0.4 is 5.73 Å². The van der Waals surface area contributed by atoms with E-state index in [0.29, 0.717) is 6.10 Å². The molecular weight excluding hydrogens is 194 g/mol. The quantitative estimate of drug-likeness (QED) is 0.781. The second kappa shape index (κ2) is 4.86. The molecule has 2 nitrogen and oxygen atoms in total. The molecule has 1 saturated carbocycles. The molecule has 2 N–H and O–H groups in total. The molecule has 1 heterocycles. The van der Waals surface area contributed by atoms with Crippen molar-refractivity contribution in [3.05, 3.63) is 0 Å². The maximum atomic E-state index is 5.65. The fourth-order valence-electron chi connectivity index (χ4n) is 2.94. The fourth-order valence-corrected chi connectivity index (χ4v) is 4.81. The normalized spacial score (nSPS) is 42.4. The van der Waals surface area contributed by atoms with Gasteiger partial charge in [-0.2, -0.15) is 11.8 Å². The predicted octanol–water partition coefficient (Wildman–Crippen LogP) is 1.88. The van der Waals surface area contributed by atoms with E-state index in [1.54, 1.807) is 0 Å². The number of hydrogen-bond acceptors (Lipinski definition) is 3. The molecule has 2 fully saturated rings. The van der Waals surface area contributed by atoms with Crippen LogP contribution in [-0.2, 0) is 4.74 Å². The number of ether oxygens (including phenoxy) is 1. The zero-order chi connectivity index (χ0) is 9.97. The van der Waals surface area contributed by atoms with Gasteiger partial charge < -0.3 is 10.5 Å². The summed E-state index contributed by atoms with van der Waals surface area (Å²) in [6.07, 6.45) is 5.65. The van der Waals surface area contributed by atoms with Crippen molar-refractivity contribution < 1.29 is 4.74 Å². The summed E-state index contributed by atoms with van der Waals surface area (Å²) >= 11 is 2.16. The zero-order valence-corrected chi connectivity index (χ0v) is 9.76. The topological polar surface area (TPSA) is 35.2 Å². The molecule has 0 amide bonds. The van der Waals surface area contributed by atoms with Crippen LogP contribution in [0.5, 0.6) is 0 Å². The van der Waals surface area contributed by atoms with Gasteiger partial charge in [0.1, 0.15) is 0 Å². The van der Waals surface area contributed by atoms with Crippen molar-refractivity contribution in [2.24, 2.45) is 17.6 Å². The highest BCUT2D eigenvalue weighted by Gasteiger charge is 2.40. The number of thioether (sulfide) groups is 1. The first-order chi connectivity index (χ1) is 6.85. The minimum absolute atomic E-state index is 0.528. The third kappa shape index (κ3) is 2.10. The lowest BCUT2D eigenvalue weighted by molar-refractivity contribution is 0.0541. The smallest absolute Gasteiger partial charge is 0.0582 e. The van der Waals surface area contributed by atoms with Gasteiger partial charge in [0.15, 0.2) is 0 Å². The molecule has 2 aliphatic rings. The van der Waals surface area contributed by atoms with Crippen molar-refractivity contribution in [1.29, 1.82) is 0 Å². The third-order valence-corrected chi connectivity index (χ3v) is 5.39. The Morgan fingerprint density at radius 1 is 1.43 bits per heavy atom. The van der Waals surface area contributed by atoms with Crippen LogP contribution in [0.4, 0.5) is 0 Å². The van der Waals surface area contributed by atoms with Crippen molar-refractivity contribution >= 4 is 11.8 Å². The van der Waals surface area contributed by atoms with Crippen LogP contribution in [0.3, 0.4) is 0 Å². The second-order valence-electron chi connectivity index (χ2n) is 4.54. The van der Waals surface area contributed by atoms with Crippen LogP contribution in [0, 0.1) is 11.8 Å². The van der Waals surface area contributed by atoms with Gasteiger partial charge in [0.25, 0.3) is 0 Å². The van der Waals surface area contributed by atoms with Crippen LogP contribution in [-0.4, -0.2) is 30.8 Å². The lowest BCUT2D eigenvalue weighted by atomic mass is 9.78. The molecule has 2 rings (SSSR count). The molecule has 1 aliphatic carbocycles. The average Bonchev–Trinajstić information content (AvgIpc) is 2.61. The Hall–Kier alpha value is 0.270. The summed E-state index contributed by atoms with van der Waals surface area (Å²) in [6, 6.07) is 0. The Bertz CT molecular complexity index is 188. The van der Waals surface area contributed by atoms with Crippen molar-refractivity contribution in [3.63, 3.8) is 0 Å². The molecule has 0 spiro atoms. The molecule has 0 bridgehead atoms. The van der Waals surface area contributed by atoms with Crippen LogP contribution in [0.2, 0.25) is 0 Å². The van der Waals surface area contributed by atoms with Crippen LogP contribution in [0.15, 0.2) is 0 Å². The second-order valence-corrected chi connectivity index (χ2v) is 5.82. The van der Waals surface area contributed by atoms with E-state index < -0.39 is 0 Å². The van der Waals surface area contributed by atoms with Gasteiger partial charge in [0, 0.05) is 12.4 Å². The highest BCUT2D eigenvalue weighted by Crippen LogP contribution is 2.46. The first kappa shape index (κ1) is 10.8. The van der Waals surface area contributed by atoms with E-state index in [4.69, 9.17) is 10.5 Å². The lowest BCUT2D eigenvalue weighted by Gasteiger charge is -2.32. The molecule has 0 aromatic carbocycles. The molecule has 4 unspecified atom stereocenters. The van der Waals surface area contributed by atoms with Crippen molar-refractivity contribution in [2.45, 2.75) is 37.0 Å². The van der Waals surface area contributed by atoms with E-state index in [0.717, 1.165) is 23.6 Å². The summed E-state index contributed by atoms with van der Waals surface area (Å²) in [7, 11) is 1.85. The molecule has 4 atom stereocenters.